The van der Waals surface area contributed by atoms with Crippen LogP contribution in [0.2, 0.25) is 0 Å². The maximum absolute atomic E-state index is 12.9. The van der Waals surface area contributed by atoms with Crippen LogP contribution in [0.15, 0.2) is 29.2 Å². The average molecular weight is 426 g/mol. The Morgan fingerprint density at radius 3 is 2.31 bits per heavy atom. The van der Waals surface area contributed by atoms with E-state index < -0.39 is 10.0 Å². The molecule has 0 radical (unpaired) electrons. The highest BCUT2D eigenvalue weighted by atomic mass is 32.2. The fraction of sp³-hybridized carbons (Fsp3) is 0.650. The number of rotatable bonds is 7. The zero-order chi connectivity index (χ0) is 20.7. The molecule has 1 aromatic rings. The minimum absolute atomic E-state index is 0.0773. The monoisotopic (exact) mass is 425 g/mol. The van der Waals surface area contributed by atoms with E-state index in [0.717, 1.165) is 25.7 Å². The summed E-state index contributed by atoms with van der Waals surface area (Å²) in [6.07, 6.45) is 5.63. The number of methoxy groups -OCH3 is 1. The molecule has 0 spiro atoms. The number of sulfonamides is 1. The second-order valence-electron chi connectivity index (χ2n) is 7.49. The van der Waals surface area contributed by atoms with Gasteiger partial charge >= 0.3 is 6.03 Å². The number of carbonyl (C=O) groups is 1. The number of amides is 2. The molecule has 0 aromatic heterocycles. The van der Waals surface area contributed by atoms with Gasteiger partial charge in [-0.1, -0.05) is 19.3 Å². The van der Waals surface area contributed by atoms with Gasteiger partial charge < -0.3 is 19.7 Å². The molecule has 0 bridgehead atoms. The molecule has 9 heteroatoms. The minimum atomic E-state index is -3.59. The molecule has 1 N–H and O–H groups in total. The zero-order valence-corrected chi connectivity index (χ0v) is 17.8. The van der Waals surface area contributed by atoms with Crippen molar-refractivity contribution in [3.63, 3.8) is 0 Å². The fourth-order valence-corrected chi connectivity index (χ4v) is 5.17. The number of carbonyl (C=O) groups excluding carboxylic acids is 1. The number of nitrogens with zero attached hydrogens (tertiary/aromatic N) is 2. The van der Waals surface area contributed by atoms with Crippen LogP contribution < -0.4 is 10.1 Å². The largest absolute Gasteiger partial charge is 0.491 e. The molecule has 0 atom stereocenters. The molecule has 1 saturated heterocycles. The van der Waals surface area contributed by atoms with Crippen LogP contribution in [0, 0.1) is 0 Å². The van der Waals surface area contributed by atoms with E-state index in [1.807, 2.05) is 0 Å². The molecule has 2 aliphatic rings. The lowest BCUT2D eigenvalue weighted by Crippen LogP contribution is -2.54. The molecule has 2 amide bonds. The van der Waals surface area contributed by atoms with Crippen LogP contribution in [0.3, 0.4) is 0 Å². The van der Waals surface area contributed by atoms with Crippen molar-refractivity contribution in [1.82, 2.24) is 14.5 Å². The average Bonchev–Trinajstić information content (AvgIpc) is 2.75. The Kier molecular flexibility index (Phi) is 7.74. The van der Waals surface area contributed by atoms with Crippen molar-refractivity contribution in [3.8, 4) is 5.75 Å². The first-order valence-electron chi connectivity index (χ1n) is 10.3. The maximum Gasteiger partial charge on any atom is 0.317 e. The summed E-state index contributed by atoms with van der Waals surface area (Å²) in [6, 6.07) is 6.58. The summed E-state index contributed by atoms with van der Waals surface area (Å²) in [5, 5.41) is 3.10. The molecule has 1 aliphatic heterocycles. The first-order chi connectivity index (χ1) is 14.0. The predicted molar refractivity (Wildman–Crippen MR) is 110 cm³/mol. The van der Waals surface area contributed by atoms with E-state index in [1.165, 1.54) is 10.7 Å². The maximum atomic E-state index is 12.9. The smallest absolute Gasteiger partial charge is 0.317 e. The summed E-state index contributed by atoms with van der Waals surface area (Å²) < 4.78 is 37.6. The third-order valence-corrected chi connectivity index (χ3v) is 7.39. The molecule has 1 heterocycles. The lowest BCUT2D eigenvalue weighted by Gasteiger charge is -2.35. The Bertz CT molecular complexity index is 755. The third-order valence-electron chi connectivity index (χ3n) is 5.48. The van der Waals surface area contributed by atoms with Gasteiger partial charge in [-0.2, -0.15) is 4.31 Å². The van der Waals surface area contributed by atoms with Gasteiger partial charge in [0.2, 0.25) is 10.0 Å². The summed E-state index contributed by atoms with van der Waals surface area (Å²) in [7, 11) is -1.99. The van der Waals surface area contributed by atoms with E-state index in [9.17, 15) is 13.2 Å². The quantitative estimate of drug-likeness (QED) is 0.676. The van der Waals surface area contributed by atoms with Crippen molar-refractivity contribution in [1.29, 1.82) is 0 Å². The number of nitrogens with one attached hydrogen (secondary N) is 1. The van der Waals surface area contributed by atoms with Crippen molar-refractivity contribution in [2.24, 2.45) is 0 Å². The van der Waals surface area contributed by atoms with Gasteiger partial charge in [-0.05, 0) is 37.1 Å². The van der Waals surface area contributed by atoms with Gasteiger partial charge in [0, 0.05) is 39.3 Å². The van der Waals surface area contributed by atoms with Crippen LogP contribution in [-0.4, -0.2) is 76.2 Å². The van der Waals surface area contributed by atoms with Gasteiger partial charge in [0.25, 0.3) is 0 Å². The summed E-state index contributed by atoms with van der Waals surface area (Å²) >= 11 is 0. The number of hydrogen-bond acceptors (Lipinski definition) is 5. The standard InChI is InChI=1S/C20H31N3O5S/c1-27-15-16-28-18-7-9-19(10-8-18)29(25,26)23-13-11-22(12-14-23)20(24)21-17-5-3-2-4-6-17/h7-10,17H,2-6,11-16H2,1H3,(H,21,24). The van der Waals surface area contributed by atoms with Gasteiger partial charge in [-0.15, -0.1) is 0 Å². The van der Waals surface area contributed by atoms with Crippen LogP contribution in [0.5, 0.6) is 5.75 Å². The molecular weight excluding hydrogens is 394 g/mol. The van der Waals surface area contributed by atoms with Crippen molar-refractivity contribution < 1.29 is 22.7 Å². The number of benzene rings is 1. The normalized spacial score (nSPS) is 19.1. The molecule has 1 aliphatic carbocycles. The molecule has 3 rings (SSSR count). The molecule has 8 nitrogen and oxygen atoms in total. The summed E-state index contributed by atoms with van der Waals surface area (Å²) in [4.78, 5) is 14.4. The first-order valence-corrected chi connectivity index (χ1v) is 11.7. The number of hydrogen-bond donors (Lipinski definition) is 1. The van der Waals surface area contributed by atoms with Gasteiger partial charge in [0.05, 0.1) is 11.5 Å². The number of piperazine rings is 1. The van der Waals surface area contributed by atoms with Crippen molar-refractivity contribution >= 4 is 16.1 Å². The highest BCUT2D eigenvalue weighted by Crippen LogP contribution is 2.21. The molecule has 162 valence electrons. The second kappa shape index (κ2) is 10.3. The van der Waals surface area contributed by atoms with Gasteiger partial charge in [0.1, 0.15) is 12.4 Å². The number of ether oxygens (including phenoxy) is 2. The summed E-state index contributed by atoms with van der Waals surface area (Å²) in [5.74, 6) is 0.602. The lowest BCUT2D eigenvalue weighted by atomic mass is 9.96. The highest BCUT2D eigenvalue weighted by molar-refractivity contribution is 7.89. The minimum Gasteiger partial charge on any atom is -0.491 e. The van der Waals surface area contributed by atoms with E-state index in [2.05, 4.69) is 5.32 Å². The SMILES string of the molecule is COCCOc1ccc(S(=O)(=O)N2CCN(C(=O)NC3CCCCC3)CC2)cc1. The lowest BCUT2D eigenvalue weighted by molar-refractivity contribution is 0.146. The van der Waals surface area contributed by atoms with Gasteiger partial charge in [-0.25, -0.2) is 13.2 Å². The Hall–Kier alpha value is -1.84. The van der Waals surface area contributed by atoms with Crippen LogP contribution >= 0.6 is 0 Å². The highest BCUT2D eigenvalue weighted by Gasteiger charge is 2.30. The van der Waals surface area contributed by atoms with E-state index in [0.29, 0.717) is 45.1 Å². The Morgan fingerprint density at radius 1 is 1.03 bits per heavy atom. The van der Waals surface area contributed by atoms with Crippen molar-refractivity contribution in [2.75, 3.05) is 46.5 Å². The third kappa shape index (κ3) is 5.83. The van der Waals surface area contributed by atoms with E-state index in [4.69, 9.17) is 9.47 Å². The van der Waals surface area contributed by atoms with Gasteiger partial charge in [0.15, 0.2) is 0 Å². The Labute approximate surface area is 173 Å². The summed E-state index contributed by atoms with van der Waals surface area (Å²) in [6.45, 7) is 2.27. The Morgan fingerprint density at radius 2 is 1.69 bits per heavy atom. The van der Waals surface area contributed by atoms with Crippen LogP contribution in [0.25, 0.3) is 0 Å². The van der Waals surface area contributed by atoms with Gasteiger partial charge in [-0.3, -0.25) is 0 Å². The van der Waals surface area contributed by atoms with E-state index >= 15 is 0 Å². The molecule has 1 saturated carbocycles. The Balaban J connectivity index is 1.51. The topological polar surface area (TPSA) is 88.2 Å². The second-order valence-corrected chi connectivity index (χ2v) is 9.43. The molecule has 0 unspecified atom stereocenters. The van der Waals surface area contributed by atoms with Crippen molar-refractivity contribution in [2.45, 2.75) is 43.0 Å². The van der Waals surface area contributed by atoms with Crippen LogP contribution in [-0.2, 0) is 14.8 Å². The fourth-order valence-electron chi connectivity index (χ4n) is 3.74. The first kappa shape index (κ1) is 21.9. The molecule has 29 heavy (non-hydrogen) atoms. The van der Waals surface area contributed by atoms with Crippen LogP contribution in [0.1, 0.15) is 32.1 Å². The molecule has 2 fully saturated rings. The molecule has 1 aromatic carbocycles. The predicted octanol–water partition coefficient (Wildman–Crippen LogP) is 2.06. The van der Waals surface area contributed by atoms with E-state index in [-0.39, 0.29) is 17.0 Å². The number of urea groups is 1. The summed E-state index contributed by atoms with van der Waals surface area (Å²) in [5.41, 5.74) is 0. The zero-order valence-electron chi connectivity index (χ0n) is 17.0. The van der Waals surface area contributed by atoms with Crippen molar-refractivity contribution in [3.05, 3.63) is 24.3 Å². The van der Waals surface area contributed by atoms with E-state index in [1.54, 1.807) is 36.3 Å². The van der Waals surface area contributed by atoms with Crippen LogP contribution in [0.4, 0.5) is 4.79 Å². The molecular formula is C20H31N3O5S.